The van der Waals surface area contributed by atoms with Crippen LogP contribution in [0.4, 0.5) is 17.3 Å². The Labute approximate surface area is 221 Å². The van der Waals surface area contributed by atoms with Gasteiger partial charge in [0.2, 0.25) is 5.95 Å². The molecule has 0 saturated carbocycles. The molecule has 5 aromatic rings. The molecule has 2 N–H and O–H groups in total. The predicted molar refractivity (Wildman–Crippen MR) is 143 cm³/mol. The van der Waals surface area contributed by atoms with Gasteiger partial charge in [0, 0.05) is 63.3 Å². The molecule has 0 unspecified atom stereocenters. The average molecular weight is 483 g/mol. The highest BCUT2D eigenvalue weighted by Crippen LogP contribution is 2.24. The van der Waals surface area contributed by atoms with E-state index in [0.29, 0.717) is 5.56 Å². The zero-order valence-corrected chi connectivity index (χ0v) is 19.5. The number of carbonyl (C=O) groups excluding carboxylic acids is 1. The lowest BCUT2D eigenvalue weighted by Gasteiger charge is -2.13. The van der Waals surface area contributed by atoms with E-state index in [1.54, 1.807) is 42.2 Å². The second kappa shape index (κ2) is 9.84. The van der Waals surface area contributed by atoms with Crippen LogP contribution in [0.1, 0.15) is 38.0 Å². The first kappa shape index (κ1) is 15.3. The molecular weight excluding hydrogens is 448 g/mol. The van der Waals surface area contributed by atoms with Crippen LogP contribution in [0.25, 0.3) is 16.9 Å². The van der Waals surface area contributed by atoms with Gasteiger partial charge in [0.1, 0.15) is 0 Å². The molecule has 0 fully saturated rings. The molecular formula is C29H26N6O. The number of pyridine rings is 1. The number of aromatic nitrogens is 4. The normalized spacial score (nSPS) is 14.3. The van der Waals surface area contributed by atoms with Gasteiger partial charge in [-0.2, -0.15) is 0 Å². The fourth-order valence-electron chi connectivity index (χ4n) is 3.49. The topological polar surface area (TPSA) is 84.7 Å². The third-order valence-electron chi connectivity index (χ3n) is 5.22. The third-order valence-corrected chi connectivity index (χ3v) is 5.22. The number of amides is 1. The molecule has 0 radical (unpaired) electrons. The van der Waals surface area contributed by atoms with Crippen molar-refractivity contribution in [2.45, 2.75) is 20.7 Å². The van der Waals surface area contributed by atoms with Crippen LogP contribution in [0.3, 0.4) is 0 Å². The fourth-order valence-corrected chi connectivity index (χ4v) is 3.49. The van der Waals surface area contributed by atoms with Gasteiger partial charge in [-0.25, -0.2) is 9.97 Å². The van der Waals surface area contributed by atoms with Crippen LogP contribution in [-0.2, 0) is 0 Å². The van der Waals surface area contributed by atoms with Crippen molar-refractivity contribution in [3.8, 4) is 16.9 Å². The Morgan fingerprint density at radius 2 is 2.03 bits per heavy atom. The van der Waals surface area contributed by atoms with E-state index < -0.39 is 18.9 Å². The summed E-state index contributed by atoms with van der Waals surface area (Å²) in [7, 11) is 0. The Hall–Kier alpha value is -4.78. The van der Waals surface area contributed by atoms with Gasteiger partial charge in [0.15, 0.2) is 0 Å². The molecule has 0 saturated heterocycles. The second-order valence-electron chi connectivity index (χ2n) is 8.03. The Balaban J connectivity index is 1.54. The SMILES string of the molecule is [2H]c1nc(Nc2cc(C(=O)Nc3c([2H])c(C)c([2H])c(-n4ccc(C)c4)c3[2H])ccc2C([2H])([2H])[2H])nc(-c2cccnc2)c1[2H]. The van der Waals surface area contributed by atoms with Crippen molar-refractivity contribution in [2.75, 3.05) is 10.6 Å². The standard InChI is InChI=1S/C29H26N6O/c1-19-9-12-35(18-19)25-14-20(2)13-24(16-25)32-28(36)22-7-6-21(3)27(15-22)34-29-31-11-8-26(33-29)23-5-4-10-30-17-23/h4-18H,1-3H3,(H,32,36)(H,31,33,34)/i3D3,8D,11D,13D,14D,16D. The van der Waals surface area contributed by atoms with Gasteiger partial charge < -0.3 is 15.2 Å². The summed E-state index contributed by atoms with van der Waals surface area (Å²) in [5.41, 5.74) is 1.65. The first-order valence-corrected chi connectivity index (χ1v) is 11.0. The minimum Gasteiger partial charge on any atom is -0.324 e. The highest BCUT2D eigenvalue weighted by atomic mass is 16.1. The number of hydrogen-bond acceptors (Lipinski definition) is 5. The number of anilines is 3. The Morgan fingerprint density at radius 1 is 1.11 bits per heavy atom. The average Bonchev–Trinajstić information content (AvgIpc) is 3.41. The lowest BCUT2D eigenvalue weighted by molar-refractivity contribution is 0.102. The molecule has 0 aliphatic heterocycles. The van der Waals surface area contributed by atoms with Crippen molar-refractivity contribution < 1.29 is 15.8 Å². The summed E-state index contributed by atoms with van der Waals surface area (Å²) in [5.74, 6) is -0.887. The highest BCUT2D eigenvalue weighted by Gasteiger charge is 2.12. The van der Waals surface area contributed by atoms with E-state index in [4.69, 9.17) is 11.0 Å². The summed E-state index contributed by atoms with van der Waals surface area (Å²) in [5, 5.41) is 5.40. The summed E-state index contributed by atoms with van der Waals surface area (Å²) in [6, 6.07) is 8.29. The smallest absolute Gasteiger partial charge is 0.255 e. The molecule has 7 nitrogen and oxygen atoms in total. The zero-order chi connectivity index (χ0) is 31.9. The summed E-state index contributed by atoms with van der Waals surface area (Å²) in [6.07, 6.45) is 6.05. The Morgan fingerprint density at radius 3 is 2.81 bits per heavy atom. The van der Waals surface area contributed by atoms with E-state index in [1.165, 1.54) is 24.4 Å². The third kappa shape index (κ3) is 5.15. The van der Waals surface area contributed by atoms with Gasteiger partial charge in [-0.15, -0.1) is 0 Å². The van der Waals surface area contributed by atoms with E-state index >= 15 is 0 Å². The quantitative estimate of drug-likeness (QED) is 0.299. The van der Waals surface area contributed by atoms with Crippen LogP contribution in [0.5, 0.6) is 0 Å². The molecule has 3 aromatic heterocycles. The van der Waals surface area contributed by atoms with Crippen molar-refractivity contribution in [3.05, 3.63) is 114 Å². The molecule has 36 heavy (non-hydrogen) atoms. The van der Waals surface area contributed by atoms with Crippen LogP contribution < -0.4 is 10.6 Å². The molecule has 0 bridgehead atoms. The monoisotopic (exact) mass is 482 g/mol. The number of carbonyl (C=O) groups is 1. The maximum Gasteiger partial charge on any atom is 0.255 e. The molecule has 178 valence electrons. The van der Waals surface area contributed by atoms with Gasteiger partial charge in [-0.1, -0.05) is 6.07 Å². The van der Waals surface area contributed by atoms with Crippen LogP contribution in [0.2, 0.25) is 0 Å². The van der Waals surface area contributed by atoms with E-state index in [-0.39, 0.29) is 69.6 Å². The lowest BCUT2D eigenvalue weighted by Crippen LogP contribution is -2.13. The summed E-state index contributed by atoms with van der Waals surface area (Å²) in [6.45, 7) is 0.828. The van der Waals surface area contributed by atoms with Crippen LogP contribution in [0, 0.1) is 20.7 Å². The van der Waals surface area contributed by atoms with E-state index in [1.807, 2.05) is 13.0 Å². The van der Waals surface area contributed by atoms with Crippen LogP contribution in [0.15, 0.2) is 91.5 Å². The number of benzene rings is 2. The first-order chi connectivity index (χ1) is 20.8. The van der Waals surface area contributed by atoms with Gasteiger partial charge >= 0.3 is 0 Å². The molecule has 0 aliphatic rings. The molecule has 0 atom stereocenters. The van der Waals surface area contributed by atoms with Crippen molar-refractivity contribution in [1.29, 1.82) is 0 Å². The van der Waals surface area contributed by atoms with Gasteiger partial charge in [0.05, 0.1) is 12.5 Å². The summed E-state index contributed by atoms with van der Waals surface area (Å²) in [4.78, 5) is 25.8. The Bertz CT molecular complexity index is 1910. The molecule has 5 rings (SSSR count). The highest BCUT2D eigenvalue weighted by molar-refractivity contribution is 6.05. The van der Waals surface area contributed by atoms with E-state index in [9.17, 15) is 4.79 Å². The van der Waals surface area contributed by atoms with Gasteiger partial charge in [-0.3, -0.25) is 9.78 Å². The largest absolute Gasteiger partial charge is 0.324 e. The number of nitrogens with one attached hydrogen (secondary N) is 2. The minimum atomic E-state index is -2.60. The van der Waals surface area contributed by atoms with E-state index in [0.717, 1.165) is 5.56 Å². The molecule has 7 heteroatoms. The number of nitrogens with zero attached hydrogens (tertiary/aromatic N) is 4. The summed E-state index contributed by atoms with van der Waals surface area (Å²) < 4.78 is 67.8. The molecule has 0 spiro atoms. The minimum absolute atomic E-state index is 0.000883. The first-order valence-electron chi connectivity index (χ1n) is 15.0. The maximum atomic E-state index is 13.5. The van der Waals surface area contributed by atoms with Crippen molar-refractivity contribution in [3.63, 3.8) is 0 Å². The molecule has 0 aliphatic carbocycles. The van der Waals surface area contributed by atoms with E-state index in [2.05, 4.69) is 25.6 Å². The van der Waals surface area contributed by atoms with Crippen molar-refractivity contribution in [1.82, 2.24) is 19.5 Å². The molecule has 2 aromatic carbocycles. The Kier molecular flexibility index (Phi) is 4.17. The fraction of sp³-hybridized carbons (Fsp3) is 0.103. The summed E-state index contributed by atoms with van der Waals surface area (Å²) >= 11 is 0. The van der Waals surface area contributed by atoms with Crippen molar-refractivity contribution in [2.24, 2.45) is 0 Å². The van der Waals surface area contributed by atoms with Crippen molar-refractivity contribution >= 4 is 23.2 Å². The second-order valence-corrected chi connectivity index (χ2v) is 8.03. The number of hydrogen-bond donors (Lipinski definition) is 2. The van der Waals surface area contributed by atoms with Gasteiger partial charge in [0.25, 0.3) is 5.91 Å². The molecule has 3 heterocycles. The predicted octanol–water partition coefficient (Wildman–Crippen LogP) is 6.25. The van der Waals surface area contributed by atoms with Gasteiger partial charge in [-0.05, 0) is 91.9 Å². The van der Waals surface area contributed by atoms with Crippen LogP contribution >= 0.6 is 0 Å². The maximum absolute atomic E-state index is 13.5. The van der Waals surface area contributed by atoms with Crippen LogP contribution in [-0.4, -0.2) is 25.4 Å². The zero-order valence-electron chi connectivity index (χ0n) is 27.5. The number of aryl methyl sites for hydroxylation is 2. The molecule has 1 amide bonds. The number of rotatable bonds is 6. The lowest BCUT2D eigenvalue weighted by atomic mass is 10.1.